The lowest BCUT2D eigenvalue weighted by molar-refractivity contribution is 0.101. The molecule has 0 spiro atoms. The SMILES string of the molecule is CC(=O)c1c(Br)ccc(F)c1C#N. The Hall–Kier alpha value is -1.21. The van der Waals surface area contributed by atoms with Crippen molar-refractivity contribution in [3.05, 3.63) is 33.5 Å². The van der Waals surface area contributed by atoms with Crippen LogP contribution in [-0.4, -0.2) is 5.78 Å². The fourth-order valence-electron chi connectivity index (χ4n) is 1.01. The van der Waals surface area contributed by atoms with Gasteiger partial charge in [0.2, 0.25) is 0 Å². The summed E-state index contributed by atoms with van der Waals surface area (Å²) in [7, 11) is 0. The highest BCUT2D eigenvalue weighted by atomic mass is 79.9. The van der Waals surface area contributed by atoms with Gasteiger partial charge < -0.3 is 0 Å². The lowest BCUT2D eigenvalue weighted by Crippen LogP contribution is -2.00. The largest absolute Gasteiger partial charge is 0.294 e. The highest BCUT2D eigenvalue weighted by molar-refractivity contribution is 9.10. The highest BCUT2D eigenvalue weighted by Crippen LogP contribution is 2.23. The van der Waals surface area contributed by atoms with E-state index in [-0.39, 0.29) is 16.9 Å². The number of Topliss-reactive ketones (excluding diaryl/α,β-unsaturated/α-hetero) is 1. The van der Waals surface area contributed by atoms with Gasteiger partial charge in [-0.2, -0.15) is 5.26 Å². The van der Waals surface area contributed by atoms with Gasteiger partial charge in [-0.1, -0.05) is 0 Å². The zero-order chi connectivity index (χ0) is 10.0. The quantitative estimate of drug-likeness (QED) is 0.710. The summed E-state index contributed by atoms with van der Waals surface area (Å²) in [4.78, 5) is 11.1. The number of rotatable bonds is 1. The average Bonchev–Trinajstić information content (AvgIpc) is 2.07. The molecule has 1 rings (SSSR count). The molecule has 0 unspecified atom stereocenters. The molecule has 0 atom stereocenters. The lowest BCUT2D eigenvalue weighted by Gasteiger charge is -2.02. The van der Waals surface area contributed by atoms with Gasteiger partial charge in [0.1, 0.15) is 11.9 Å². The molecular formula is C9H5BrFNO. The van der Waals surface area contributed by atoms with Crippen LogP contribution in [0.4, 0.5) is 4.39 Å². The van der Waals surface area contributed by atoms with E-state index in [1.807, 2.05) is 0 Å². The Morgan fingerprint density at radius 3 is 2.62 bits per heavy atom. The molecule has 0 aromatic heterocycles. The number of carbonyl (C=O) groups excluding carboxylic acids is 1. The van der Waals surface area contributed by atoms with Crippen molar-refractivity contribution in [2.75, 3.05) is 0 Å². The molecule has 66 valence electrons. The number of ketones is 1. The molecule has 1 aromatic carbocycles. The summed E-state index contributed by atoms with van der Waals surface area (Å²) in [5.74, 6) is -1.00. The lowest BCUT2D eigenvalue weighted by atomic mass is 10.1. The van der Waals surface area contributed by atoms with E-state index in [2.05, 4.69) is 15.9 Å². The summed E-state index contributed by atoms with van der Waals surface area (Å²) in [5, 5.41) is 8.61. The van der Waals surface area contributed by atoms with E-state index in [1.54, 1.807) is 6.07 Å². The number of carbonyl (C=O) groups is 1. The van der Waals surface area contributed by atoms with Crippen LogP contribution in [0.2, 0.25) is 0 Å². The number of hydrogen-bond donors (Lipinski definition) is 0. The van der Waals surface area contributed by atoms with Crippen LogP contribution in [-0.2, 0) is 0 Å². The van der Waals surface area contributed by atoms with Gasteiger partial charge in [-0.25, -0.2) is 4.39 Å². The van der Waals surface area contributed by atoms with E-state index < -0.39 is 5.82 Å². The Bertz CT molecular complexity index is 409. The Morgan fingerprint density at radius 2 is 2.23 bits per heavy atom. The van der Waals surface area contributed by atoms with Gasteiger partial charge in [-0.15, -0.1) is 0 Å². The van der Waals surface area contributed by atoms with Crippen molar-refractivity contribution in [2.45, 2.75) is 6.92 Å². The van der Waals surface area contributed by atoms with E-state index >= 15 is 0 Å². The molecule has 0 amide bonds. The van der Waals surface area contributed by atoms with E-state index in [0.29, 0.717) is 4.47 Å². The zero-order valence-electron chi connectivity index (χ0n) is 6.77. The highest BCUT2D eigenvalue weighted by Gasteiger charge is 2.15. The third kappa shape index (κ3) is 1.76. The molecule has 0 saturated heterocycles. The van der Waals surface area contributed by atoms with Gasteiger partial charge in [0.25, 0.3) is 0 Å². The Morgan fingerprint density at radius 1 is 1.62 bits per heavy atom. The smallest absolute Gasteiger partial charge is 0.162 e. The number of nitriles is 1. The summed E-state index contributed by atoms with van der Waals surface area (Å²) in [6.07, 6.45) is 0. The van der Waals surface area contributed by atoms with E-state index in [4.69, 9.17) is 5.26 Å². The molecule has 0 saturated carbocycles. The number of benzene rings is 1. The molecule has 2 nitrogen and oxygen atoms in total. The minimum absolute atomic E-state index is 0.0995. The number of nitrogens with zero attached hydrogens (tertiary/aromatic N) is 1. The van der Waals surface area contributed by atoms with Crippen molar-refractivity contribution in [2.24, 2.45) is 0 Å². The van der Waals surface area contributed by atoms with Crippen molar-refractivity contribution in [1.29, 1.82) is 5.26 Å². The predicted octanol–water partition coefficient (Wildman–Crippen LogP) is 2.66. The van der Waals surface area contributed by atoms with Gasteiger partial charge >= 0.3 is 0 Å². The zero-order valence-corrected chi connectivity index (χ0v) is 8.35. The van der Waals surface area contributed by atoms with Crippen molar-refractivity contribution in [3.8, 4) is 6.07 Å². The second-order valence-electron chi connectivity index (χ2n) is 2.45. The van der Waals surface area contributed by atoms with Crippen molar-refractivity contribution >= 4 is 21.7 Å². The van der Waals surface area contributed by atoms with Crippen molar-refractivity contribution in [1.82, 2.24) is 0 Å². The second kappa shape index (κ2) is 3.67. The molecule has 0 aliphatic rings. The second-order valence-corrected chi connectivity index (χ2v) is 3.30. The molecule has 1 aromatic rings. The normalized spacial score (nSPS) is 9.38. The van der Waals surface area contributed by atoms with E-state index in [9.17, 15) is 9.18 Å². The minimum atomic E-state index is -0.670. The molecular weight excluding hydrogens is 237 g/mol. The first kappa shape index (κ1) is 9.87. The van der Waals surface area contributed by atoms with Gasteiger partial charge in [0.05, 0.1) is 11.1 Å². The van der Waals surface area contributed by atoms with Crippen LogP contribution in [0.15, 0.2) is 16.6 Å². The molecule has 0 N–H and O–H groups in total. The third-order valence-electron chi connectivity index (χ3n) is 1.57. The first-order valence-electron chi connectivity index (χ1n) is 3.47. The van der Waals surface area contributed by atoms with Crippen LogP contribution in [0.1, 0.15) is 22.8 Å². The van der Waals surface area contributed by atoms with Crippen molar-refractivity contribution < 1.29 is 9.18 Å². The van der Waals surface area contributed by atoms with Crippen LogP contribution < -0.4 is 0 Å². The van der Waals surface area contributed by atoms with Crippen LogP contribution in [0.25, 0.3) is 0 Å². The molecule has 0 radical (unpaired) electrons. The van der Waals surface area contributed by atoms with Gasteiger partial charge in [-0.3, -0.25) is 4.79 Å². The summed E-state index contributed by atoms with van der Waals surface area (Å²) in [5.41, 5.74) is -0.107. The molecule has 0 bridgehead atoms. The maximum atomic E-state index is 13.0. The molecule has 4 heteroatoms. The number of halogens is 2. The summed E-state index contributed by atoms with van der Waals surface area (Å²) < 4.78 is 13.4. The minimum Gasteiger partial charge on any atom is -0.294 e. The molecule has 0 aliphatic carbocycles. The molecule has 0 heterocycles. The topological polar surface area (TPSA) is 40.9 Å². The Balaban J connectivity index is 3.55. The monoisotopic (exact) mass is 241 g/mol. The maximum Gasteiger partial charge on any atom is 0.162 e. The summed E-state index contributed by atoms with van der Waals surface area (Å²) in [6.45, 7) is 1.29. The molecule has 0 fully saturated rings. The van der Waals surface area contributed by atoms with E-state index in [0.717, 1.165) is 6.07 Å². The summed E-state index contributed by atoms with van der Waals surface area (Å²) >= 11 is 3.08. The first-order chi connectivity index (χ1) is 6.07. The van der Waals surface area contributed by atoms with Crippen molar-refractivity contribution in [3.63, 3.8) is 0 Å². The predicted molar refractivity (Wildman–Crippen MR) is 48.8 cm³/mol. The molecule has 13 heavy (non-hydrogen) atoms. The Labute approximate surface area is 83.1 Å². The van der Waals surface area contributed by atoms with Crippen LogP contribution in [0.3, 0.4) is 0 Å². The maximum absolute atomic E-state index is 13.0. The third-order valence-corrected chi connectivity index (χ3v) is 2.23. The number of hydrogen-bond acceptors (Lipinski definition) is 2. The van der Waals surface area contributed by atoms with Crippen LogP contribution in [0, 0.1) is 17.1 Å². The molecule has 0 aliphatic heterocycles. The Kier molecular flexibility index (Phi) is 2.79. The van der Waals surface area contributed by atoms with Crippen LogP contribution in [0.5, 0.6) is 0 Å². The van der Waals surface area contributed by atoms with Gasteiger partial charge in [0, 0.05) is 4.47 Å². The standard InChI is InChI=1S/C9H5BrFNO/c1-5(13)9-6(4-12)8(11)3-2-7(9)10/h2-3H,1H3. The average molecular weight is 242 g/mol. The fraction of sp³-hybridized carbons (Fsp3) is 0.111. The fourth-order valence-corrected chi connectivity index (χ4v) is 1.61. The van der Waals surface area contributed by atoms with Gasteiger partial charge in [-0.05, 0) is 35.0 Å². The van der Waals surface area contributed by atoms with Gasteiger partial charge in [0.15, 0.2) is 5.78 Å². The first-order valence-corrected chi connectivity index (χ1v) is 4.26. The summed E-state index contributed by atoms with van der Waals surface area (Å²) in [6, 6.07) is 4.22. The van der Waals surface area contributed by atoms with E-state index in [1.165, 1.54) is 13.0 Å². The van der Waals surface area contributed by atoms with Crippen LogP contribution >= 0.6 is 15.9 Å².